The summed E-state index contributed by atoms with van der Waals surface area (Å²) in [6, 6.07) is 4.60. The Balaban J connectivity index is 1.76. The van der Waals surface area contributed by atoms with E-state index < -0.39 is 0 Å². The van der Waals surface area contributed by atoms with E-state index in [1.54, 1.807) is 6.07 Å². The molecular formula is C15H22ClFN2O. The van der Waals surface area contributed by atoms with E-state index in [0.29, 0.717) is 17.7 Å². The average Bonchev–Trinajstić information content (AvgIpc) is 2.44. The molecule has 1 aromatic carbocycles. The molecule has 5 heteroatoms. The van der Waals surface area contributed by atoms with Gasteiger partial charge in [-0.3, -0.25) is 4.90 Å². The van der Waals surface area contributed by atoms with Crippen LogP contribution in [0.2, 0.25) is 5.02 Å². The zero-order valence-corrected chi connectivity index (χ0v) is 12.4. The number of rotatable bonds is 6. The molecule has 0 radical (unpaired) electrons. The van der Waals surface area contributed by atoms with Crippen molar-refractivity contribution in [2.75, 3.05) is 26.2 Å². The van der Waals surface area contributed by atoms with Gasteiger partial charge in [0, 0.05) is 31.3 Å². The van der Waals surface area contributed by atoms with Gasteiger partial charge in [0.2, 0.25) is 0 Å². The number of hydrogen-bond donors (Lipinski definition) is 1. The van der Waals surface area contributed by atoms with Crippen LogP contribution in [0.15, 0.2) is 18.2 Å². The molecule has 112 valence electrons. The summed E-state index contributed by atoms with van der Waals surface area (Å²) in [4.78, 5) is 2.34. The van der Waals surface area contributed by atoms with Crippen LogP contribution in [0.5, 0.6) is 0 Å². The number of nitrogens with zero attached hydrogens (tertiary/aromatic N) is 1. The minimum Gasteiger partial charge on any atom is -0.378 e. The van der Waals surface area contributed by atoms with Crippen molar-refractivity contribution in [3.05, 3.63) is 34.6 Å². The SMILES string of the molecule is NCCCOC1CCN(Cc2ccc(F)cc2Cl)CC1. The van der Waals surface area contributed by atoms with E-state index in [4.69, 9.17) is 22.1 Å². The second-order valence-electron chi connectivity index (χ2n) is 5.22. The molecule has 3 nitrogen and oxygen atoms in total. The molecule has 20 heavy (non-hydrogen) atoms. The van der Waals surface area contributed by atoms with Gasteiger partial charge in [-0.1, -0.05) is 17.7 Å². The monoisotopic (exact) mass is 300 g/mol. The first-order valence-corrected chi connectivity index (χ1v) is 7.55. The molecular weight excluding hydrogens is 279 g/mol. The van der Waals surface area contributed by atoms with Gasteiger partial charge in [0.05, 0.1) is 6.10 Å². The summed E-state index contributed by atoms with van der Waals surface area (Å²) >= 11 is 6.06. The van der Waals surface area contributed by atoms with Gasteiger partial charge in [-0.2, -0.15) is 0 Å². The molecule has 0 saturated carbocycles. The van der Waals surface area contributed by atoms with Crippen LogP contribution in [-0.2, 0) is 11.3 Å². The fourth-order valence-corrected chi connectivity index (χ4v) is 2.69. The van der Waals surface area contributed by atoms with Crippen LogP contribution >= 0.6 is 11.6 Å². The molecule has 2 N–H and O–H groups in total. The zero-order valence-electron chi connectivity index (χ0n) is 11.7. The molecule has 0 bridgehead atoms. The fraction of sp³-hybridized carbons (Fsp3) is 0.600. The molecule has 2 rings (SSSR count). The first kappa shape index (κ1) is 15.7. The molecule has 1 aliphatic rings. The highest BCUT2D eigenvalue weighted by Crippen LogP contribution is 2.21. The Hall–Kier alpha value is -0.680. The van der Waals surface area contributed by atoms with Gasteiger partial charge in [0.15, 0.2) is 0 Å². The number of nitrogens with two attached hydrogens (primary N) is 1. The van der Waals surface area contributed by atoms with E-state index in [-0.39, 0.29) is 5.82 Å². The maximum Gasteiger partial charge on any atom is 0.124 e. The Bertz CT molecular complexity index is 422. The molecule has 1 aromatic rings. The van der Waals surface area contributed by atoms with Crippen molar-refractivity contribution in [3.8, 4) is 0 Å². The number of piperidine rings is 1. The highest BCUT2D eigenvalue weighted by molar-refractivity contribution is 6.31. The third-order valence-electron chi connectivity index (χ3n) is 3.65. The minimum absolute atomic E-state index is 0.286. The average molecular weight is 301 g/mol. The third kappa shape index (κ3) is 4.70. The maximum atomic E-state index is 13.0. The quantitative estimate of drug-likeness (QED) is 0.821. The second kappa shape index (κ2) is 7.93. The predicted octanol–water partition coefficient (Wildman–Crippen LogP) is 2.81. The van der Waals surface area contributed by atoms with Crippen LogP contribution < -0.4 is 5.73 Å². The number of hydrogen-bond acceptors (Lipinski definition) is 3. The molecule has 1 fully saturated rings. The highest BCUT2D eigenvalue weighted by atomic mass is 35.5. The fourth-order valence-electron chi connectivity index (χ4n) is 2.46. The maximum absolute atomic E-state index is 13.0. The van der Waals surface area contributed by atoms with Crippen LogP contribution in [0.1, 0.15) is 24.8 Å². The van der Waals surface area contributed by atoms with Crippen LogP contribution in [0.4, 0.5) is 4.39 Å². The zero-order chi connectivity index (χ0) is 14.4. The van der Waals surface area contributed by atoms with Gasteiger partial charge in [-0.15, -0.1) is 0 Å². The lowest BCUT2D eigenvalue weighted by atomic mass is 10.1. The van der Waals surface area contributed by atoms with Crippen molar-refractivity contribution >= 4 is 11.6 Å². The first-order chi connectivity index (χ1) is 9.69. The Morgan fingerprint density at radius 3 is 2.75 bits per heavy atom. The standard InChI is InChI=1S/C15H22ClFN2O/c16-15-10-13(17)3-2-12(15)11-19-7-4-14(5-8-19)20-9-1-6-18/h2-3,10,14H,1,4-9,11,18H2. The highest BCUT2D eigenvalue weighted by Gasteiger charge is 2.20. The lowest BCUT2D eigenvalue weighted by Crippen LogP contribution is -2.36. The van der Waals surface area contributed by atoms with Gasteiger partial charge < -0.3 is 10.5 Å². The minimum atomic E-state index is -0.286. The molecule has 0 unspecified atom stereocenters. The largest absolute Gasteiger partial charge is 0.378 e. The van der Waals surface area contributed by atoms with Crippen molar-refractivity contribution in [3.63, 3.8) is 0 Å². The molecule has 0 aromatic heterocycles. The predicted molar refractivity (Wildman–Crippen MR) is 79.3 cm³/mol. The molecule has 0 spiro atoms. The number of ether oxygens (including phenoxy) is 1. The van der Waals surface area contributed by atoms with Crippen LogP contribution in [0, 0.1) is 5.82 Å². The second-order valence-corrected chi connectivity index (χ2v) is 5.63. The van der Waals surface area contributed by atoms with E-state index >= 15 is 0 Å². The molecule has 1 heterocycles. The smallest absolute Gasteiger partial charge is 0.124 e. The van der Waals surface area contributed by atoms with E-state index in [1.165, 1.54) is 12.1 Å². The summed E-state index contributed by atoms with van der Waals surface area (Å²) in [5.74, 6) is -0.286. The van der Waals surface area contributed by atoms with Gasteiger partial charge in [0.25, 0.3) is 0 Å². The van der Waals surface area contributed by atoms with E-state index in [9.17, 15) is 4.39 Å². The summed E-state index contributed by atoms with van der Waals surface area (Å²) in [5.41, 5.74) is 6.43. The Kier molecular flexibility index (Phi) is 6.23. The normalized spacial score (nSPS) is 17.6. The van der Waals surface area contributed by atoms with Crippen molar-refractivity contribution in [1.82, 2.24) is 4.90 Å². The van der Waals surface area contributed by atoms with Crippen molar-refractivity contribution in [2.45, 2.75) is 31.9 Å². The number of halogens is 2. The van der Waals surface area contributed by atoms with Gasteiger partial charge in [-0.05, 0) is 43.5 Å². The molecule has 1 aliphatic heterocycles. The topological polar surface area (TPSA) is 38.5 Å². The van der Waals surface area contributed by atoms with Crippen molar-refractivity contribution < 1.29 is 9.13 Å². The van der Waals surface area contributed by atoms with E-state index in [1.807, 2.05) is 0 Å². The van der Waals surface area contributed by atoms with E-state index in [2.05, 4.69) is 4.90 Å². The number of benzene rings is 1. The summed E-state index contributed by atoms with van der Waals surface area (Å²) < 4.78 is 18.8. The van der Waals surface area contributed by atoms with Crippen LogP contribution in [0.3, 0.4) is 0 Å². The summed E-state index contributed by atoms with van der Waals surface area (Å²) in [6.07, 6.45) is 3.33. The number of likely N-dealkylation sites (tertiary alicyclic amines) is 1. The Morgan fingerprint density at radius 2 is 2.10 bits per heavy atom. The van der Waals surface area contributed by atoms with Crippen LogP contribution in [0.25, 0.3) is 0 Å². The van der Waals surface area contributed by atoms with Crippen LogP contribution in [-0.4, -0.2) is 37.2 Å². The van der Waals surface area contributed by atoms with Crippen molar-refractivity contribution in [2.24, 2.45) is 5.73 Å². The molecule has 0 atom stereocenters. The van der Waals surface area contributed by atoms with Gasteiger partial charge in [-0.25, -0.2) is 4.39 Å². The summed E-state index contributed by atoms with van der Waals surface area (Å²) in [5, 5.41) is 0.506. The lowest BCUT2D eigenvalue weighted by molar-refractivity contribution is 0.00564. The molecule has 0 aliphatic carbocycles. The van der Waals surface area contributed by atoms with Gasteiger partial charge in [0.1, 0.15) is 5.82 Å². The molecule has 0 amide bonds. The summed E-state index contributed by atoms with van der Waals surface area (Å²) in [6.45, 7) is 4.18. The first-order valence-electron chi connectivity index (χ1n) is 7.17. The molecule has 1 saturated heterocycles. The summed E-state index contributed by atoms with van der Waals surface area (Å²) in [7, 11) is 0. The Morgan fingerprint density at radius 1 is 1.35 bits per heavy atom. The Labute approximate surface area is 124 Å². The van der Waals surface area contributed by atoms with Crippen molar-refractivity contribution in [1.29, 1.82) is 0 Å². The van der Waals surface area contributed by atoms with E-state index in [0.717, 1.165) is 51.1 Å². The lowest BCUT2D eigenvalue weighted by Gasteiger charge is -2.32. The third-order valence-corrected chi connectivity index (χ3v) is 4.00. The van der Waals surface area contributed by atoms with Gasteiger partial charge >= 0.3 is 0 Å².